The fourth-order valence-corrected chi connectivity index (χ4v) is 3.40. The van der Waals surface area contributed by atoms with Gasteiger partial charge in [-0.05, 0) is 42.7 Å². The Hall–Kier alpha value is -2.24. The van der Waals surface area contributed by atoms with E-state index in [1.54, 1.807) is 0 Å². The topological polar surface area (TPSA) is 75.0 Å². The first-order valence-corrected chi connectivity index (χ1v) is 8.34. The van der Waals surface area contributed by atoms with Gasteiger partial charge in [0.05, 0.1) is 11.0 Å². The average Bonchev–Trinajstić information content (AvgIpc) is 3.02. The standard InChI is InChI=1S/C19H20N4O.2ClH/c20-14-6-3-9-17-13(14)5-4-12-23(17)19(24)11-10-18-21-15-7-1-2-8-16(15)22-18;;/h1-3,6-9H,4-5,10-12,20H2,(H,21,22);2*1H. The highest BCUT2D eigenvalue weighted by Gasteiger charge is 2.23. The minimum absolute atomic E-state index is 0. The highest BCUT2D eigenvalue weighted by molar-refractivity contribution is 5.95. The molecule has 3 N–H and O–H groups in total. The Morgan fingerprint density at radius 3 is 2.77 bits per heavy atom. The van der Waals surface area contributed by atoms with Crippen molar-refractivity contribution in [1.29, 1.82) is 0 Å². The third kappa shape index (κ3) is 3.79. The number of carbonyl (C=O) groups excluding carboxylic acids is 1. The molecule has 0 atom stereocenters. The van der Waals surface area contributed by atoms with Crippen LogP contribution in [0.2, 0.25) is 0 Å². The number of nitrogen functional groups attached to an aromatic ring is 1. The average molecular weight is 393 g/mol. The van der Waals surface area contributed by atoms with Crippen molar-refractivity contribution in [1.82, 2.24) is 9.97 Å². The third-order valence-electron chi connectivity index (χ3n) is 4.60. The van der Waals surface area contributed by atoms with Crippen LogP contribution in [0, 0.1) is 0 Å². The van der Waals surface area contributed by atoms with Crippen LogP contribution in [-0.4, -0.2) is 22.4 Å². The SMILES string of the molecule is Cl.Cl.Nc1cccc2c1CCCN2C(=O)CCc1nc2ccccc2[nH]1. The summed E-state index contributed by atoms with van der Waals surface area (Å²) < 4.78 is 0. The molecule has 4 rings (SSSR count). The number of H-pyrrole nitrogens is 1. The Bertz CT molecular complexity index is 876. The zero-order valence-corrected chi connectivity index (χ0v) is 15.9. The summed E-state index contributed by atoms with van der Waals surface area (Å²) in [5.74, 6) is 0.983. The zero-order valence-electron chi connectivity index (χ0n) is 14.3. The maximum atomic E-state index is 12.7. The van der Waals surface area contributed by atoms with E-state index >= 15 is 0 Å². The van der Waals surface area contributed by atoms with E-state index in [4.69, 9.17) is 5.73 Å². The van der Waals surface area contributed by atoms with Gasteiger partial charge in [-0.2, -0.15) is 0 Å². The number of aryl methyl sites for hydroxylation is 1. The second kappa shape index (κ2) is 8.43. The molecule has 2 heterocycles. The molecule has 1 aromatic heterocycles. The van der Waals surface area contributed by atoms with E-state index in [-0.39, 0.29) is 30.7 Å². The van der Waals surface area contributed by atoms with Gasteiger partial charge in [0.2, 0.25) is 5.91 Å². The van der Waals surface area contributed by atoms with Crippen molar-refractivity contribution in [3.05, 3.63) is 53.9 Å². The van der Waals surface area contributed by atoms with Crippen LogP contribution in [0.1, 0.15) is 24.2 Å². The summed E-state index contributed by atoms with van der Waals surface area (Å²) in [6, 6.07) is 13.7. The predicted octanol–water partition coefficient (Wildman–Crippen LogP) is 3.90. The molecule has 0 spiro atoms. The second-order valence-electron chi connectivity index (χ2n) is 6.19. The largest absolute Gasteiger partial charge is 0.398 e. The first-order chi connectivity index (χ1) is 11.7. The Labute approximate surface area is 164 Å². The smallest absolute Gasteiger partial charge is 0.227 e. The first kappa shape index (κ1) is 20.1. The quantitative estimate of drug-likeness (QED) is 0.663. The number of carbonyl (C=O) groups is 1. The molecule has 2 aromatic carbocycles. The van der Waals surface area contributed by atoms with E-state index in [1.807, 2.05) is 47.4 Å². The van der Waals surface area contributed by atoms with Gasteiger partial charge in [0.25, 0.3) is 0 Å². The lowest BCUT2D eigenvalue weighted by atomic mass is 9.99. The molecule has 0 radical (unpaired) electrons. The van der Waals surface area contributed by atoms with E-state index in [0.717, 1.165) is 53.2 Å². The Morgan fingerprint density at radius 1 is 1.15 bits per heavy atom. The molecule has 0 fully saturated rings. The van der Waals surface area contributed by atoms with Gasteiger partial charge >= 0.3 is 0 Å². The van der Waals surface area contributed by atoms with Crippen LogP contribution in [0.15, 0.2) is 42.5 Å². The van der Waals surface area contributed by atoms with Crippen molar-refractivity contribution in [2.75, 3.05) is 17.2 Å². The van der Waals surface area contributed by atoms with Crippen LogP contribution < -0.4 is 10.6 Å². The van der Waals surface area contributed by atoms with Crippen LogP contribution >= 0.6 is 24.8 Å². The fraction of sp³-hybridized carbons (Fsp3) is 0.263. The van der Waals surface area contributed by atoms with Gasteiger partial charge in [-0.15, -0.1) is 24.8 Å². The molecule has 138 valence electrons. The van der Waals surface area contributed by atoms with E-state index in [1.165, 1.54) is 0 Å². The summed E-state index contributed by atoms with van der Waals surface area (Å²) in [5, 5.41) is 0. The Morgan fingerprint density at radius 2 is 1.96 bits per heavy atom. The summed E-state index contributed by atoms with van der Waals surface area (Å²) in [5.41, 5.74) is 10.9. The summed E-state index contributed by atoms with van der Waals surface area (Å²) in [6.45, 7) is 0.759. The van der Waals surface area contributed by atoms with E-state index in [2.05, 4.69) is 9.97 Å². The zero-order chi connectivity index (χ0) is 16.5. The van der Waals surface area contributed by atoms with Gasteiger partial charge < -0.3 is 15.6 Å². The van der Waals surface area contributed by atoms with Crippen molar-refractivity contribution in [3.8, 4) is 0 Å². The number of hydrogen-bond acceptors (Lipinski definition) is 3. The minimum atomic E-state index is 0. The van der Waals surface area contributed by atoms with Crippen molar-refractivity contribution >= 4 is 53.1 Å². The highest BCUT2D eigenvalue weighted by Crippen LogP contribution is 2.31. The third-order valence-corrected chi connectivity index (χ3v) is 4.60. The molecule has 26 heavy (non-hydrogen) atoms. The molecule has 1 aliphatic heterocycles. The molecule has 0 bridgehead atoms. The summed E-state index contributed by atoms with van der Waals surface area (Å²) in [4.78, 5) is 22.4. The first-order valence-electron chi connectivity index (χ1n) is 8.34. The molecule has 0 aliphatic carbocycles. The van der Waals surface area contributed by atoms with Gasteiger partial charge in [-0.3, -0.25) is 4.79 Å². The monoisotopic (exact) mass is 392 g/mol. The maximum absolute atomic E-state index is 12.7. The van der Waals surface area contributed by atoms with Crippen LogP contribution in [-0.2, 0) is 17.6 Å². The number of rotatable bonds is 3. The van der Waals surface area contributed by atoms with Gasteiger partial charge in [-0.1, -0.05) is 18.2 Å². The number of nitrogens with one attached hydrogen (secondary N) is 1. The number of aromatic amines is 1. The molecule has 1 amide bonds. The lowest BCUT2D eigenvalue weighted by molar-refractivity contribution is -0.118. The number of benzene rings is 2. The minimum Gasteiger partial charge on any atom is -0.398 e. The summed E-state index contributed by atoms with van der Waals surface area (Å²) in [7, 11) is 0. The fourth-order valence-electron chi connectivity index (χ4n) is 3.40. The van der Waals surface area contributed by atoms with Crippen LogP contribution in [0.5, 0.6) is 0 Å². The molecular weight excluding hydrogens is 371 g/mol. The lowest BCUT2D eigenvalue weighted by Gasteiger charge is -2.30. The maximum Gasteiger partial charge on any atom is 0.227 e. The van der Waals surface area contributed by atoms with Crippen LogP contribution in [0.4, 0.5) is 11.4 Å². The molecule has 0 unspecified atom stereocenters. The molecular formula is C19H22Cl2N4O. The summed E-state index contributed by atoms with van der Waals surface area (Å²) in [6.07, 6.45) is 2.95. The number of para-hydroxylation sites is 2. The molecule has 0 saturated heterocycles. The Balaban J connectivity index is 0.00000121. The predicted molar refractivity (Wildman–Crippen MR) is 110 cm³/mol. The van der Waals surface area contributed by atoms with Gasteiger partial charge in [0.15, 0.2) is 0 Å². The second-order valence-corrected chi connectivity index (χ2v) is 6.19. The van der Waals surface area contributed by atoms with Crippen LogP contribution in [0.3, 0.4) is 0 Å². The number of fused-ring (bicyclic) bond motifs is 2. The number of hydrogen-bond donors (Lipinski definition) is 2. The molecule has 1 aliphatic rings. The molecule has 3 aromatic rings. The number of anilines is 2. The number of nitrogens with zero attached hydrogens (tertiary/aromatic N) is 2. The van der Waals surface area contributed by atoms with Gasteiger partial charge in [0.1, 0.15) is 5.82 Å². The molecule has 5 nitrogen and oxygen atoms in total. The number of nitrogens with two attached hydrogens (primary N) is 1. The van der Waals surface area contributed by atoms with Crippen molar-refractivity contribution < 1.29 is 4.79 Å². The molecule has 7 heteroatoms. The van der Waals surface area contributed by atoms with Gasteiger partial charge in [-0.25, -0.2) is 4.98 Å². The van der Waals surface area contributed by atoms with Crippen molar-refractivity contribution in [2.24, 2.45) is 0 Å². The lowest BCUT2D eigenvalue weighted by Crippen LogP contribution is -2.35. The van der Waals surface area contributed by atoms with Crippen molar-refractivity contribution in [2.45, 2.75) is 25.7 Å². The van der Waals surface area contributed by atoms with E-state index in [0.29, 0.717) is 12.8 Å². The molecule has 0 saturated carbocycles. The Kier molecular flexibility index (Phi) is 6.51. The van der Waals surface area contributed by atoms with Crippen molar-refractivity contribution in [3.63, 3.8) is 0 Å². The number of halogens is 2. The van der Waals surface area contributed by atoms with E-state index < -0.39 is 0 Å². The number of imidazole rings is 1. The number of amides is 1. The normalized spacial score (nSPS) is 12.8. The van der Waals surface area contributed by atoms with Gasteiger partial charge in [0, 0.05) is 30.8 Å². The highest BCUT2D eigenvalue weighted by atomic mass is 35.5. The van der Waals surface area contributed by atoms with E-state index in [9.17, 15) is 4.79 Å². The summed E-state index contributed by atoms with van der Waals surface area (Å²) >= 11 is 0. The van der Waals surface area contributed by atoms with Crippen LogP contribution in [0.25, 0.3) is 11.0 Å². The number of aromatic nitrogens is 2.